The van der Waals surface area contributed by atoms with Crippen molar-refractivity contribution in [1.29, 1.82) is 0 Å². The summed E-state index contributed by atoms with van der Waals surface area (Å²) in [4.78, 5) is 33.1. The third-order valence-corrected chi connectivity index (χ3v) is 5.71. The van der Waals surface area contributed by atoms with Gasteiger partial charge >= 0.3 is 0 Å². The van der Waals surface area contributed by atoms with Gasteiger partial charge in [-0.15, -0.1) is 0 Å². The number of amides is 2. The zero-order chi connectivity index (χ0) is 16.5. The Kier molecular flexibility index (Phi) is 4.74. The van der Waals surface area contributed by atoms with Crippen LogP contribution in [0.2, 0.25) is 0 Å². The van der Waals surface area contributed by atoms with Gasteiger partial charge in [0.25, 0.3) is 5.91 Å². The maximum absolute atomic E-state index is 13.0. The number of hydrogen-bond acceptors (Lipinski definition) is 5. The molecule has 4 aliphatic rings. The lowest BCUT2D eigenvalue weighted by molar-refractivity contribution is -0.178. The van der Waals surface area contributed by atoms with E-state index in [0.717, 1.165) is 25.7 Å². The van der Waals surface area contributed by atoms with Crippen LogP contribution in [0.25, 0.3) is 0 Å². The average Bonchev–Trinajstić information content (AvgIpc) is 3.31. The number of ether oxygens (including phenoxy) is 2. The van der Waals surface area contributed by atoms with Gasteiger partial charge in [0.1, 0.15) is 0 Å². The van der Waals surface area contributed by atoms with E-state index in [9.17, 15) is 9.59 Å². The molecule has 0 aromatic carbocycles. The topological polar surface area (TPSA) is 68.3 Å². The highest BCUT2D eigenvalue weighted by atomic mass is 16.7. The Morgan fingerprint density at radius 3 is 2.50 bits per heavy atom. The largest absolute Gasteiger partial charge is 0.381 e. The molecule has 7 heteroatoms. The lowest BCUT2D eigenvalue weighted by atomic mass is 9.87. The first-order valence-corrected chi connectivity index (χ1v) is 9.18. The lowest BCUT2D eigenvalue weighted by Gasteiger charge is -2.42. The molecule has 4 aliphatic heterocycles. The fraction of sp³-hybridized carbons (Fsp3) is 0.882. The molecule has 4 heterocycles. The van der Waals surface area contributed by atoms with Gasteiger partial charge in [-0.1, -0.05) is 0 Å². The molecule has 0 aliphatic carbocycles. The number of hydroxylamine groups is 2. The molecule has 4 saturated heterocycles. The fourth-order valence-corrected chi connectivity index (χ4v) is 4.38. The van der Waals surface area contributed by atoms with Crippen LogP contribution < -0.4 is 0 Å². The van der Waals surface area contributed by atoms with Crippen molar-refractivity contribution >= 4 is 11.8 Å². The Bertz CT molecular complexity index is 487. The molecule has 4 rings (SSSR count). The van der Waals surface area contributed by atoms with E-state index in [4.69, 9.17) is 14.3 Å². The minimum Gasteiger partial charge on any atom is -0.381 e. The van der Waals surface area contributed by atoms with Gasteiger partial charge in [-0.3, -0.25) is 14.4 Å². The van der Waals surface area contributed by atoms with Crippen LogP contribution >= 0.6 is 0 Å². The first-order valence-electron chi connectivity index (χ1n) is 9.18. The predicted molar refractivity (Wildman–Crippen MR) is 83.8 cm³/mol. The number of nitrogens with zero attached hydrogens (tertiary/aromatic N) is 2. The Labute approximate surface area is 142 Å². The molecule has 4 fully saturated rings. The highest BCUT2D eigenvalue weighted by Gasteiger charge is 2.46. The SMILES string of the molecule is O=C([C@H]1C[C@H]2OCC[C@H]2N(C(=O)C2CCOCC2)C1)N1CCCO1. The molecule has 0 aromatic rings. The van der Waals surface area contributed by atoms with E-state index in [0.29, 0.717) is 45.9 Å². The highest BCUT2D eigenvalue weighted by molar-refractivity contribution is 5.82. The summed E-state index contributed by atoms with van der Waals surface area (Å²) in [5.74, 6) is -0.00648. The summed E-state index contributed by atoms with van der Waals surface area (Å²) in [6.45, 7) is 3.73. The molecule has 134 valence electrons. The third-order valence-electron chi connectivity index (χ3n) is 5.71. The zero-order valence-electron chi connectivity index (χ0n) is 14.0. The van der Waals surface area contributed by atoms with Crippen molar-refractivity contribution in [1.82, 2.24) is 9.96 Å². The van der Waals surface area contributed by atoms with Crippen LogP contribution in [-0.4, -0.2) is 73.4 Å². The average molecular weight is 338 g/mol. The number of carbonyl (C=O) groups is 2. The van der Waals surface area contributed by atoms with Crippen molar-refractivity contribution in [3.63, 3.8) is 0 Å². The van der Waals surface area contributed by atoms with Crippen LogP contribution in [0.1, 0.15) is 32.1 Å². The van der Waals surface area contributed by atoms with E-state index >= 15 is 0 Å². The maximum atomic E-state index is 13.0. The Hall–Kier alpha value is -1.18. The van der Waals surface area contributed by atoms with Crippen molar-refractivity contribution in [3.05, 3.63) is 0 Å². The molecule has 0 radical (unpaired) electrons. The fourth-order valence-electron chi connectivity index (χ4n) is 4.38. The monoisotopic (exact) mass is 338 g/mol. The number of likely N-dealkylation sites (tertiary alicyclic amines) is 1. The number of piperidine rings is 1. The Morgan fingerprint density at radius 2 is 1.75 bits per heavy atom. The predicted octanol–water partition coefficient (Wildman–Crippen LogP) is 0.583. The van der Waals surface area contributed by atoms with Crippen molar-refractivity contribution in [3.8, 4) is 0 Å². The second kappa shape index (κ2) is 6.98. The van der Waals surface area contributed by atoms with Gasteiger partial charge < -0.3 is 14.4 Å². The van der Waals surface area contributed by atoms with Gasteiger partial charge in [0.2, 0.25) is 5.91 Å². The molecule has 0 spiro atoms. The summed E-state index contributed by atoms with van der Waals surface area (Å²) in [5.41, 5.74) is 0. The van der Waals surface area contributed by atoms with Gasteiger partial charge in [0.15, 0.2) is 0 Å². The van der Waals surface area contributed by atoms with Gasteiger partial charge in [-0.05, 0) is 32.1 Å². The van der Waals surface area contributed by atoms with Crippen LogP contribution in [0.4, 0.5) is 0 Å². The molecule has 24 heavy (non-hydrogen) atoms. The van der Waals surface area contributed by atoms with Crippen molar-refractivity contribution in [2.75, 3.05) is 39.5 Å². The summed E-state index contributed by atoms with van der Waals surface area (Å²) < 4.78 is 11.2. The van der Waals surface area contributed by atoms with E-state index < -0.39 is 0 Å². The maximum Gasteiger partial charge on any atom is 0.251 e. The summed E-state index contributed by atoms with van der Waals surface area (Å²) in [7, 11) is 0. The van der Waals surface area contributed by atoms with Crippen molar-refractivity contribution in [2.45, 2.75) is 44.2 Å². The van der Waals surface area contributed by atoms with Crippen LogP contribution in [0.5, 0.6) is 0 Å². The van der Waals surface area contributed by atoms with Crippen molar-refractivity contribution in [2.24, 2.45) is 11.8 Å². The molecule has 0 saturated carbocycles. The van der Waals surface area contributed by atoms with E-state index in [1.807, 2.05) is 4.90 Å². The molecule has 0 bridgehead atoms. The molecule has 7 nitrogen and oxygen atoms in total. The molecule has 0 N–H and O–H groups in total. The van der Waals surface area contributed by atoms with Crippen LogP contribution in [-0.2, 0) is 23.9 Å². The molecule has 0 unspecified atom stereocenters. The normalized spacial score (nSPS) is 34.4. The minimum atomic E-state index is -0.216. The van der Waals surface area contributed by atoms with Gasteiger partial charge in [-0.2, -0.15) is 0 Å². The summed E-state index contributed by atoms with van der Waals surface area (Å²) in [6.07, 6.45) is 4.00. The third kappa shape index (κ3) is 3.05. The van der Waals surface area contributed by atoms with Crippen LogP contribution in [0.15, 0.2) is 0 Å². The molecule has 0 aromatic heterocycles. The number of carbonyl (C=O) groups excluding carboxylic acids is 2. The van der Waals surface area contributed by atoms with Gasteiger partial charge in [0, 0.05) is 32.3 Å². The van der Waals surface area contributed by atoms with Gasteiger partial charge in [-0.25, -0.2) is 5.06 Å². The molecule has 2 amide bonds. The number of fused-ring (bicyclic) bond motifs is 1. The highest BCUT2D eigenvalue weighted by Crippen LogP contribution is 2.34. The van der Waals surface area contributed by atoms with Crippen LogP contribution in [0.3, 0.4) is 0 Å². The molecular formula is C17H26N2O5. The Morgan fingerprint density at radius 1 is 0.917 bits per heavy atom. The van der Waals surface area contributed by atoms with E-state index in [-0.39, 0.29) is 35.8 Å². The second-order valence-electron chi connectivity index (χ2n) is 7.20. The second-order valence-corrected chi connectivity index (χ2v) is 7.20. The first-order chi connectivity index (χ1) is 11.7. The molecular weight excluding hydrogens is 312 g/mol. The summed E-state index contributed by atoms with van der Waals surface area (Å²) >= 11 is 0. The zero-order valence-corrected chi connectivity index (χ0v) is 14.0. The standard InChI is InChI=1S/C17H26N2O5/c20-16(12-2-7-22-8-3-12)18-11-13(10-15-14(18)4-9-23-15)17(21)19-5-1-6-24-19/h12-15H,1-11H2/t13-,14+,15+/m0/s1. The summed E-state index contributed by atoms with van der Waals surface area (Å²) in [5, 5.41) is 1.48. The van der Waals surface area contributed by atoms with Crippen LogP contribution in [0, 0.1) is 11.8 Å². The van der Waals surface area contributed by atoms with E-state index in [1.54, 1.807) is 0 Å². The number of rotatable bonds is 2. The lowest BCUT2D eigenvalue weighted by Crippen LogP contribution is -2.56. The van der Waals surface area contributed by atoms with E-state index in [2.05, 4.69) is 0 Å². The summed E-state index contributed by atoms with van der Waals surface area (Å²) in [6, 6.07) is 0.129. The van der Waals surface area contributed by atoms with Crippen molar-refractivity contribution < 1.29 is 23.9 Å². The van der Waals surface area contributed by atoms with Gasteiger partial charge in [0.05, 0.1) is 31.2 Å². The quantitative estimate of drug-likeness (QED) is 0.737. The first kappa shape index (κ1) is 16.3. The Balaban J connectivity index is 1.48. The minimum absolute atomic E-state index is 0.00577. The van der Waals surface area contributed by atoms with E-state index in [1.165, 1.54) is 5.06 Å². The number of hydrogen-bond donors (Lipinski definition) is 0. The smallest absolute Gasteiger partial charge is 0.251 e. The molecule has 3 atom stereocenters.